The van der Waals surface area contributed by atoms with Crippen LogP contribution in [0.3, 0.4) is 0 Å². The maximum absolute atomic E-state index is 14.5. The number of nitro groups is 1. The first kappa shape index (κ1) is 27.9. The van der Waals surface area contributed by atoms with Gasteiger partial charge in [0.15, 0.2) is 0 Å². The monoisotopic (exact) mass is 556 g/mol. The fourth-order valence-electron chi connectivity index (χ4n) is 3.73. The third-order valence-corrected chi connectivity index (χ3v) is 5.71. The summed E-state index contributed by atoms with van der Waals surface area (Å²) in [4.78, 5) is 35.8. The Hall–Kier alpha value is -5.13. The number of ether oxygens (including phenoxy) is 1. The van der Waals surface area contributed by atoms with Crippen molar-refractivity contribution in [2.24, 2.45) is 0 Å². The third kappa shape index (κ3) is 6.12. The van der Waals surface area contributed by atoms with E-state index in [-0.39, 0.29) is 28.0 Å². The van der Waals surface area contributed by atoms with Crippen molar-refractivity contribution in [1.82, 2.24) is 0 Å². The molecule has 40 heavy (non-hydrogen) atoms. The summed E-state index contributed by atoms with van der Waals surface area (Å²) in [5.41, 5.74) is -2.68. The molecule has 4 rings (SSSR count). The van der Waals surface area contributed by atoms with Gasteiger partial charge in [-0.15, -0.1) is 0 Å². The molecular formula is C28H17F5N2O5. The van der Waals surface area contributed by atoms with Crippen molar-refractivity contribution in [2.75, 3.05) is 5.32 Å². The first-order chi connectivity index (χ1) is 18.8. The number of carbonyl (C=O) groups excluding carboxylic acids is 2. The molecule has 1 N–H and O–H groups in total. The molecule has 4 aromatic rings. The van der Waals surface area contributed by atoms with Gasteiger partial charge in [0.25, 0.3) is 11.6 Å². The molecule has 7 nitrogen and oxygen atoms in total. The van der Waals surface area contributed by atoms with E-state index in [4.69, 9.17) is 4.74 Å². The normalized spacial score (nSPS) is 11.2. The van der Waals surface area contributed by atoms with E-state index in [2.05, 4.69) is 5.32 Å². The van der Waals surface area contributed by atoms with Gasteiger partial charge in [-0.3, -0.25) is 14.9 Å². The number of hydrogen-bond acceptors (Lipinski definition) is 5. The van der Waals surface area contributed by atoms with Crippen LogP contribution < -0.4 is 10.1 Å². The Morgan fingerprint density at radius 1 is 0.900 bits per heavy atom. The molecule has 0 saturated heterocycles. The summed E-state index contributed by atoms with van der Waals surface area (Å²) in [6, 6.07) is 14.4. The number of benzene rings is 4. The average Bonchev–Trinajstić information content (AvgIpc) is 2.88. The zero-order valence-electron chi connectivity index (χ0n) is 20.4. The fourth-order valence-corrected chi connectivity index (χ4v) is 3.73. The Bertz CT molecular complexity index is 1640. The van der Waals surface area contributed by atoms with Crippen LogP contribution in [0.2, 0.25) is 0 Å². The number of anilines is 1. The number of amides is 1. The number of esters is 1. The Morgan fingerprint density at radius 2 is 1.60 bits per heavy atom. The van der Waals surface area contributed by atoms with Gasteiger partial charge in [-0.05, 0) is 61.0 Å². The molecule has 1 amide bonds. The molecule has 0 aliphatic heterocycles. The lowest BCUT2D eigenvalue weighted by Gasteiger charge is -2.14. The van der Waals surface area contributed by atoms with Gasteiger partial charge >= 0.3 is 12.1 Å². The Morgan fingerprint density at radius 3 is 2.23 bits per heavy atom. The highest BCUT2D eigenvalue weighted by Gasteiger charge is 2.38. The number of halogens is 5. The summed E-state index contributed by atoms with van der Waals surface area (Å²) in [6.07, 6.45) is -5.10. The first-order valence-corrected chi connectivity index (χ1v) is 11.4. The van der Waals surface area contributed by atoms with Crippen LogP contribution in [0, 0.1) is 28.7 Å². The third-order valence-electron chi connectivity index (χ3n) is 5.71. The van der Waals surface area contributed by atoms with Gasteiger partial charge in [0, 0.05) is 23.4 Å². The van der Waals surface area contributed by atoms with E-state index in [1.54, 1.807) is 19.1 Å². The van der Waals surface area contributed by atoms with Crippen molar-refractivity contribution in [1.29, 1.82) is 0 Å². The van der Waals surface area contributed by atoms with Gasteiger partial charge in [0.2, 0.25) is 0 Å². The van der Waals surface area contributed by atoms with Gasteiger partial charge < -0.3 is 10.1 Å². The van der Waals surface area contributed by atoms with E-state index in [9.17, 15) is 41.7 Å². The average molecular weight is 556 g/mol. The summed E-state index contributed by atoms with van der Waals surface area (Å²) < 4.78 is 73.5. The number of nitrogens with zero attached hydrogens (tertiary/aromatic N) is 1. The van der Waals surface area contributed by atoms with Crippen molar-refractivity contribution < 1.29 is 41.2 Å². The van der Waals surface area contributed by atoms with Gasteiger partial charge in [-0.2, -0.15) is 13.2 Å². The Labute approximate surface area is 223 Å². The van der Waals surface area contributed by atoms with Crippen molar-refractivity contribution in [2.45, 2.75) is 13.1 Å². The van der Waals surface area contributed by atoms with Crippen LogP contribution in [-0.2, 0) is 6.18 Å². The second kappa shape index (κ2) is 10.9. The Balaban J connectivity index is 1.75. The molecule has 0 bridgehead atoms. The molecule has 0 aliphatic carbocycles. The molecule has 0 atom stereocenters. The number of alkyl halides is 3. The molecule has 0 aromatic heterocycles. The highest BCUT2D eigenvalue weighted by molar-refractivity contribution is 6.08. The van der Waals surface area contributed by atoms with E-state index >= 15 is 0 Å². The summed E-state index contributed by atoms with van der Waals surface area (Å²) in [6.45, 7) is 1.80. The molecule has 0 spiro atoms. The van der Waals surface area contributed by atoms with Gasteiger partial charge in [0.05, 0.1) is 16.1 Å². The molecular weight excluding hydrogens is 539 g/mol. The van der Waals surface area contributed by atoms with Crippen LogP contribution in [0.5, 0.6) is 5.75 Å². The lowest BCUT2D eigenvalue weighted by molar-refractivity contribution is -0.388. The molecule has 0 heterocycles. The lowest BCUT2D eigenvalue weighted by Crippen LogP contribution is -2.17. The number of hydrogen-bond donors (Lipinski definition) is 1. The fraction of sp³-hybridized carbons (Fsp3) is 0.0714. The van der Waals surface area contributed by atoms with Crippen LogP contribution >= 0.6 is 0 Å². The maximum atomic E-state index is 14.5. The minimum atomic E-state index is -5.10. The number of carbonyl (C=O) groups is 2. The zero-order valence-corrected chi connectivity index (χ0v) is 20.4. The molecule has 0 fully saturated rings. The summed E-state index contributed by atoms with van der Waals surface area (Å²) in [5, 5.41) is 13.2. The standard InChI is InChI=1S/C28H17F5N2O5/c1-15-2-4-16(5-3-15)27(37)40-25-11-6-17(20-9-7-18(29)13-23(20)30)12-21(25)26(36)34-19-8-10-24(35(38)39)22(14-19)28(31,32)33/h2-14H,1H3,(H,34,36). The van der Waals surface area contributed by atoms with E-state index in [1.807, 2.05) is 0 Å². The van der Waals surface area contributed by atoms with Crippen LogP contribution in [-0.4, -0.2) is 16.8 Å². The summed E-state index contributed by atoms with van der Waals surface area (Å²) >= 11 is 0. The van der Waals surface area contributed by atoms with Gasteiger partial charge in [-0.1, -0.05) is 23.8 Å². The zero-order chi connectivity index (χ0) is 29.2. The Kier molecular flexibility index (Phi) is 7.62. The lowest BCUT2D eigenvalue weighted by atomic mass is 10.0. The molecule has 0 unspecified atom stereocenters. The predicted octanol–water partition coefficient (Wildman–Crippen LogP) is 7.34. The van der Waals surface area contributed by atoms with Crippen molar-refractivity contribution in [3.8, 4) is 16.9 Å². The number of aryl methyl sites for hydroxylation is 1. The maximum Gasteiger partial charge on any atom is 0.423 e. The molecule has 4 aromatic carbocycles. The molecule has 0 aliphatic rings. The van der Waals surface area contributed by atoms with Crippen molar-refractivity contribution in [3.05, 3.63) is 123 Å². The second-order valence-corrected chi connectivity index (χ2v) is 8.53. The summed E-state index contributed by atoms with van der Waals surface area (Å²) in [7, 11) is 0. The van der Waals surface area contributed by atoms with Crippen LogP contribution in [0.1, 0.15) is 31.8 Å². The van der Waals surface area contributed by atoms with Crippen molar-refractivity contribution >= 4 is 23.3 Å². The SMILES string of the molecule is Cc1ccc(C(=O)Oc2ccc(-c3ccc(F)cc3F)cc2C(=O)Nc2ccc([N+](=O)[O-])c(C(F)(F)F)c2)cc1. The van der Waals surface area contributed by atoms with Crippen molar-refractivity contribution in [3.63, 3.8) is 0 Å². The number of rotatable bonds is 6. The minimum Gasteiger partial charge on any atom is -0.422 e. The molecule has 0 saturated carbocycles. The van der Waals surface area contributed by atoms with E-state index in [0.717, 1.165) is 29.8 Å². The summed E-state index contributed by atoms with van der Waals surface area (Å²) in [5.74, 6) is -4.04. The van der Waals surface area contributed by atoms with E-state index in [1.165, 1.54) is 24.3 Å². The van der Waals surface area contributed by atoms with Crippen LogP contribution in [0.25, 0.3) is 11.1 Å². The van der Waals surface area contributed by atoms with Crippen LogP contribution in [0.4, 0.5) is 33.3 Å². The number of nitro benzene ring substituents is 1. The predicted molar refractivity (Wildman–Crippen MR) is 134 cm³/mol. The quantitative estimate of drug-likeness (QED) is 0.0881. The second-order valence-electron chi connectivity index (χ2n) is 8.53. The first-order valence-electron chi connectivity index (χ1n) is 11.4. The largest absolute Gasteiger partial charge is 0.423 e. The molecule has 0 radical (unpaired) electrons. The minimum absolute atomic E-state index is 0.0671. The molecule has 12 heteroatoms. The molecule has 204 valence electrons. The number of nitrogens with one attached hydrogen (secondary N) is 1. The van der Waals surface area contributed by atoms with Gasteiger partial charge in [0.1, 0.15) is 22.9 Å². The highest BCUT2D eigenvalue weighted by atomic mass is 19.4. The van der Waals surface area contributed by atoms with E-state index < -0.39 is 51.5 Å². The highest BCUT2D eigenvalue weighted by Crippen LogP contribution is 2.38. The van der Waals surface area contributed by atoms with Gasteiger partial charge in [-0.25, -0.2) is 13.6 Å². The van der Waals surface area contributed by atoms with Crippen LogP contribution in [0.15, 0.2) is 78.9 Å². The van der Waals surface area contributed by atoms with E-state index in [0.29, 0.717) is 18.2 Å². The topological polar surface area (TPSA) is 98.5 Å². The smallest absolute Gasteiger partial charge is 0.422 e.